The summed E-state index contributed by atoms with van der Waals surface area (Å²) in [5.74, 6) is -2.51. The van der Waals surface area contributed by atoms with Gasteiger partial charge in [-0.2, -0.15) is 18.2 Å². The van der Waals surface area contributed by atoms with Crippen molar-refractivity contribution >= 4 is 11.8 Å². The molecule has 1 aliphatic rings. The van der Waals surface area contributed by atoms with Gasteiger partial charge >= 0.3 is 12.1 Å². The number of nitrogens with zero attached hydrogens (tertiary/aromatic N) is 3. The number of methoxy groups -OCH3 is 1. The van der Waals surface area contributed by atoms with E-state index < -0.39 is 12.1 Å². The molecule has 2 amide bonds. The summed E-state index contributed by atoms with van der Waals surface area (Å²) in [6, 6.07) is 5.93. The molecule has 8 nitrogen and oxygen atoms in total. The summed E-state index contributed by atoms with van der Waals surface area (Å²) in [4.78, 5) is 30.5. The van der Waals surface area contributed by atoms with E-state index in [4.69, 9.17) is 4.74 Å². The number of hydrogen-bond donors (Lipinski definition) is 1. The molecule has 0 aliphatic carbocycles. The van der Waals surface area contributed by atoms with E-state index in [0.717, 1.165) is 0 Å². The zero-order chi connectivity index (χ0) is 22.6. The number of amides is 2. The zero-order valence-corrected chi connectivity index (χ0v) is 17.1. The second kappa shape index (κ2) is 9.46. The Balaban J connectivity index is 1.75. The molecule has 2 heterocycles. The zero-order valence-electron chi connectivity index (χ0n) is 17.1. The van der Waals surface area contributed by atoms with Crippen LogP contribution < -0.4 is 5.32 Å². The Kier molecular flexibility index (Phi) is 6.94. The van der Waals surface area contributed by atoms with Crippen LogP contribution in [0.25, 0.3) is 11.4 Å². The van der Waals surface area contributed by atoms with E-state index in [2.05, 4.69) is 20.0 Å². The molecule has 31 heavy (non-hydrogen) atoms. The molecule has 0 radical (unpaired) electrons. The molecule has 3 rings (SSSR count). The Labute approximate surface area is 176 Å². The monoisotopic (exact) mass is 440 g/mol. The van der Waals surface area contributed by atoms with Gasteiger partial charge in [0.1, 0.15) is 0 Å². The van der Waals surface area contributed by atoms with Crippen molar-refractivity contribution in [2.24, 2.45) is 5.92 Å². The van der Waals surface area contributed by atoms with Gasteiger partial charge in [0.15, 0.2) is 0 Å². The highest BCUT2D eigenvalue weighted by Gasteiger charge is 2.38. The number of likely N-dealkylation sites (tertiary alicyclic amines) is 1. The molecular weight excluding hydrogens is 417 g/mol. The topological polar surface area (TPSA) is 97.6 Å². The van der Waals surface area contributed by atoms with Gasteiger partial charge in [-0.15, -0.1) is 0 Å². The number of nitrogens with one attached hydrogen (secondary N) is 1. The van der Waals surface area contributed by atoms with Crippen molar-refractivity contribution in [1.82, 2.24) is 20.4 Å². The Bertz CT molecular complexity index is 931. The molecule has 1 fully saturated rings. The maximum Gasteiger partial charge on any atom is 0.471 e. The molecule has 0 spiro atoms. The number of halogens is 3. The number of carbonyl (C=O) groups excluding carboxylic acids is 2. The lowest BCUT2D eigenvalue weighted by molar-refractivity contribution is -0.159. The van der Waals surface area contributed by atoms with Crippen molar-refractivity contribution in [3.63, 3.8) is 0 Å². The third-order valence-corrected chi connectivity index (χ3v) is 5.16. The fourth-order valence-corrected chi connectivity index (χ4v) is 3.44. The Morgan fingerprint density at radius 2 is 2.10 bits per heavy atom. The molecule has 1 saturated heterocycles. The van der Waals surface area contributed by atoms with Gasteiger partial charge in [0.05, 0.1) is 12.5 Å². The summed E-state index contributed by atoms with van der Waals surface area (Å²) in [6.07, 6.45) is -3.43. The van der Waals surface area contributed by atoms with E-state index >= 15 is 0 Å². The van der Waals surface area contributed by atoms with Gasteiger partial charge in [0, 0.05) is 37.4 Å². The highest BCUT2D eigenvalue weighted by Crippen LogP contribution is 2.30. The van der Waals surface area contributed by atoms with E-state index in [1.165, 1.54) is 18.2 Å². The highest BCUT2D eigenvalue weighted by atomic mass is 19.4. The van der Waals surface area contributed by atoms with Crippen LogP contribution in [0.3, 0.4) is 0 Å². The third kappa shape index (κ3) is 5.40. The van der Waals surface area contributed by atoms with Gasteiger partial charge in [-0.1, -0.05) is 17.3 Å². The van der Waals surface area contributed by atoms with Crippen LogP contribution in [0.2, 0.25) is 0 Å². The van der Waals surface area contributed by atoms with Crippen LogP contribution in [-0.2, 0) is 15.7 Å². The average Bonchev–Trinajstić information content (AvgIpc) is 3.25. The predicted octanol–water partition coefficient (Wildman–Crippen LogP) is 2.76. The van der Waals surface area contributed by atoms with Crippen molar-refractivity contribution in [3.8, 4) is 11.4 Å². The molecule has 168 valence electrons. The Hall–Kier alpha value is -2.95. The van der Waals surface area contributed by atoms with Crippen LogP contribution in [0, 0.1) is 5.92 Å². The van der Waals surface area contributed by atoms with Crippen molar-refractivity contribution in [2.45, 2.75) is 32.0 Å². The minimum atomic E-state index is -4.75. The van der Waals surface area contributed by atoms with Gasteiger partial charge in [-0.3, -0.25) is 9.59 Å². The van der Waals surface area contributed by atoms with Crippen LogP contribution in [0.1, 0.15) is 36.0 Å². The first-order valence-corrected chi connectivity index (χ1v) is 9.79. The minimum absolute atomic E-state index is 0.0822. The fraction of sp³-hybridized carbons (Fsp3) is 0.500. The average molecular weight is 440 g/mol. The number of aromatic nitrogens is 2. The van der Waals surface area contributed by atoms with Crippen molar-refractivity contribution in [2.75, 3.05) is 26.8 Å². The molecule has 1 aromatic carbocycles. The summed E-state index contributed by atoms with van der Waals surface area (Å²) >= 11 is 0. The number of benzene rings is 1. The van der Waals surface area contributed by atoms with Gasteiger partial charge in [0.25, 0.3) is 5.91 Å². The first-order valence-electron chi connectivity index (χ1n) is 9.79. The number of carbonyl (C=O) groups is 2. The molecule has 0 bridgehead atoms. The molecule has 1 aliphatic heterocycles. The minimum Gasteiger partial charge on any atom is -0.383 e. The van der Waals surface area contributed by atoms with Crippen LogP contribution >= 0.6 is 0 Å². The van der Waals surface area contributed by atoms with E-state index in [1.807, 2.05) is 6.92 Å². The van der Waals surface area contributed by atoms with Crippen LogP contribution in [0.5, 0.6) is 0 Å². The van der Waals surface area contributed by atoms with Crippen LogP contribution in [0.15, 0.2) is 28.8 Å². The second-order valence-electron chi connectivity index (χ2n) is 7.37. The van der Waals surface area contributed by atoms with E-state index in [0.29, 0.717) is 26.0 Å². The van der Waals surface area contributed by atoms with E-state index in [1.54, 1.807) is 18.1 Å². The fourth-order valence-electron chi connectivity index (χ4n) is 3.44. The van der Waals surface area contributed by atoms with Gasteiger partial charge in [-0.25, -0.2) is 0 Å². The number of hydrogen-bond acceptors (Lipinski definition) is 6. The molecule has 1 aromatic heterocycles. The Morgan fingerprint density at radius 1 is 1.32 bits per heavy atom. The smallest absolute Gasteiger partial charge is 0.383 e. The van der Waals surface area contributed by atoms with Crippen molar-refractivity contribution < 1.29 is 32.0 Å². The lowest BCUT2D eigenvalue weighted by atomic mass is 9.92. The SMILES string of the molecule is COCCNC(=O)[C@@H]1CC[C@@H](C)N(C(=O)c2cccc(-c3noc(C(F)(F)F)n3)c2)C1. The summed E-state index contributed by atoms with van der Waals surface area (Å²) in [5.41, 5.74) is 0.492. The normalized spacial score (nSPS) is 19.3. The Morgan fingerprint density at radius 3 is 2.77 bits per heavy atom. The van der Waals surface area contributed by atoms with Crippen LogP contribution in [0.4, 0.5) is 13.2 Å². The van der Waals surface area contributed by atoms with E-state index in [-0.39, 0.29) is 47.3 Å². The maximum atomic E-state index is 13.1. The first kappa shape index (κ1) is 22.7. The molecule has 11 heteroatoms. The van der Waals surface area contributed by atoms with Crippen molar-refractivity contribution in [3.05, 3.63) is 35.7 Å². The summed E-state index contributed by atoms with van der Waals surface area (Å²) < 4.78 is 47.3. The standard InChI is InChI=1S/C20H23F3N4O4/c1-12-6-7-15(17(28)24-8-9-30-2)11-27(12)18(29)14-5-3-4-13(10-14)16-25-19(31-26-16)20(21,22)23/h3-5,10,12,15H,6-9,11H2,1-2H3,(H,24,28)/t12-,15-/m1/s1. The number of piperidine rings is 1. The molecule has 1 N–H and O–H groups in total. The van der Waals surface area contributed by atoms with Gasteiger partial charge in [0.2, 0.25) is 11.7 Å². The van der Waals surface area contributed by atoms with E-state index in [9.17, 15) is 22.8 Å². The highest BCUT2D eigenvalue weighted by molar-refractivity contribution is 5.96. The second-order valence-corrected chi connectivity index (χ2v) is 7.37. The third-order valence-electron chi connectivity index (χ3n) is 5.16. The first-order chi connectivity index (χ1) is 14.7. The molecule has 0 unspecified atom stereocenters. The number of rotatable bonds is 6. The van der Waals surface area contributed by atoms with Crippen molar-refractivity contribution in [1.29, 1.82) is 0 Å². The molecule has 2 atom stereocenters. The lowest BCUT2D eigenvalue weighted by Crippen LogP contribution is -2.49. The quantitative estimate of drug-likeness (QED) is 0.694. The van der Waals surface area contributed by atoms with Gasteiger partial charge < -0.3 is 19.5 Å². The molecule has 0 saturated carbocycles. The number of alkyl halides is 3. The van der Waals surface area contributed by atoms with Gasteiger partial charge in [-0.05, 0) is 31.9 Å². The lowest BCUT2D eigenvalue weighted by Gasteiger charge is -2.37. The predicted molar refractivity (Wildman–Crippen MR) is 103 cm³/mol. The van der Waals surface area contributed by atoms with Crippen LogP contribution in [-0.4, -0.2) is 59.7 Å². The maximum absolute atomic E-state index is 13.1. The summed E-state index contributed by atoms with van der Waals surface area (Å²) in [7, 11) is 1.54. The summed E-state index contributed by atoms with van der Waals surface area (Å²) in [5, 5.41) is 6.15. The number of ether oxygens (including phenoxy) is 1. The summed E-state index contributed by atoms with van der Waals surface area (Å²) in [6.45, 7) is 2.94. The molecular formula is C20H23F3N4O4. The largest absolute Gasteiger partial charge is 0.471 e. The molecule has 2 aromatic rings.